The highest BCUT2D eigenvalue weighted by Gasteiger charge is 2.28. The summed E-state index contributed by atoms with van der Waals surface area (Å²) in [5.74, 6) is 0.284. The largest absolute Gasteiger partial charge is 0.280 e. The third kappa shape index (κ3) is 3.00. The molecule has 0 spiro atoms. The standard InChI is InChI=1S/C26H18BrN3O/c27-18-11-12-21-20(15-18)24-25-22(28-21)13-17(16-7-3-1-4-8-16)14-23(25)29-30(26(24)31)19-9-5-2-6-10-19/h1-12,15,17H,13-14H2. The molecule has 0 aliphatic heterocycles. The maximum absolute atomic E-state index is 13.7. The van der Waals surface area contributed by atoms with E-state index in [9.17, 15) is 4.79 Å². The van der Waals surface area contributed by atoms with Gasteiger partial charge in [-0.3, -0.25) is 9.78 Å². The predicted octanol–water partition coefficient (Wildman–Crippen LogP) is 5.58. The Kier molecular flexibility index (Phi) is 4.25. The van der Waals surface area contributed by atoms with E-state index in [1.54, 1.807) is 4.68 Å². The maximum atomic E-state index is 13.7. The van der Waals surface area contributed by atoms with Crippen LogP contribution < -0.4 is 5.56 Å². The van der Waals surface area contributed by atoms with Crippen molar-refractivity contribution in [3.05, 3.63) is 111 Å². The zero-order chi connectivity index (χ0) is 20.9. The highest BCUT2D eigenvalue weighted by molar-refractivity contribution is 9.10. The van der Waals surface area contributed by atoms with E-state index in [0.717, 1.165) is 50.7 Å². The molecular weight excluding hydrogens is 450 g/mol. The van der Waals surface area contributed by atoms with Crippen molar-refractivity contribution in [3.63, 3.8) is 0 Å². The van der Waals surface area contributed by atoms with Crippen LogP contribution in [0.2, 0.25) is 0 Å². The molecule has 6 rings (SSSR count). The number of benzene rings is 3. The highest BCUT2D eigenvalue weighted by atomic mass is 79.9. The molecular formula is C26H18BrN3O. The van der Waals surface area contributed by atoms with E-state index < -0.39 is 0 Å². The van der Waals surface area contributed by atoms with Crippen LogP contribution in [0.25, 0.3) is 27.4 Å². The van der Waals surface area contributed by atoms with Crippen molar-refractivity contribution in [3.8, 4) is 5.69 Å². The molecule has 0 bridgehead atoms. The smallest absolute Gasteiger partial charge is 0.267 e. The van der Waals surface area contributed by atoms with Gasteiger partial charge in [-0.15, -0.1) is 0 Å². The zero-order valence-corrected chi connectivity index (χ0v) is 18.2. The molecule has 1 aliphatic carbocycles. The van der Waals surface area contributed by atoms with E-state index in [1.807, 2.05) is 54.6 Å². The van der Waals surface area contributed by atoms with E-state index in [1.165, 1.54) is 5.56 Å². The summed E-state index contributed by atoms with van der Waals surface area (Å²) in [4.78, 5) is 18.7. The molecule has 2 heterocycles. The summed E-state index contributed by atoms with van der Waals surface area (Å²) in [6.45, 7) is 0. The van der Waals surface area contributed by atoms with Gasteiger partial charge in [0.2, 0.25) is 0 Å². The lowest BCUT2D eigenvalue weighted by Gasteiger charge is -2.25. The third-order valence-corrected chi connectivity index (χ3v) is 6.58. The Morgan fingerprint density at radius 2 is 1.55 bits per heavy atom. The number of para-hydroxylation sites is 1. The minimum atomic E-state index is -0.102. The molecule has 0 saturated heterocycles. The Labute approximate surface area is 187 Å². The lowest BCUT2D eigenvalue weighted by molar-refractivity contribution is 0.627. The molecule has 1 aliphatic rings. The first-order valence-corrected chi connectivity index (χ1v) is 11.1. The van der Waals surface area contributed by atoms with E-state index in [2.05, 4.69) is 40.2 Å². The van der Waals surface area contributed by atoms with Crippen LogP contribution in [0.1, 0.15) is 22.9 Å². The Morgan fingerprint density at radius 1 is 0.839 bits per heavy atom. The van der Waals surface area contributed by atoms with Crippen LogP contribution in [0, 0.1) is 0 Å². The summed E-state index contributed by atoms with van der Waals surface area (Å²) in [7, 11) is 0. The van der Waals surface area contributed by atoms with Crippen LogP contribution in [0.4, 0.5) is 0 Å². The molecule has 0 fully saturated rings. The summed E-state index contributed by atoms with van der Waals surface area (Å²) in [5.41, 5.74) is 4.68. The average Bonchev–Trinajstić information content (AvgIpc) is 2.81. The maximum Gasteiger partial charge on any atom is 0.280 e. The topological polar surface area (TPSA) is 47.8 Å². The van der Waals surface area contributed by atoms with E-state index in [-0.39, 0.29) is 11.5 Å². The Bertz CT molecular complexity index is 1510. The molecule has 31 heavy (non-hydrogen) atoms. The summed E-state index contributed by atoms with van der Waals surface area (Å²) in [6.07, 6.45) is 1.58. The van der Waals surface area contributed by atoms with Gasteiger partial charge in [-0.2, -0.15) is 9.78 Å². The number of pyridine rings is 1. The second kappa shape index (κ2) is 7.13. The second-order valence-corrected chi connectivity index (χ2v) is 8.90. The van der Waals surface area contributed by atoms with Crippen molar-refractivity contribution >= 4 is 37.6 Å². The molecule has 2 aromatic heterocycles. The van der Waals surface area contributed by atoms with Crippen molar-refractivity contribution in [2.45, 2.75) is 18.8 Å². The average molecular weight is 468 g/mol. The first kappa shape index (κ1) is 18.5. The van der Waals surface area contributed by atoms with E-state index in [4.69, 9.17) is 10.1 Å². The molecule has 5 aromatic rings. The molecule has 0 amide bonds. The van der Waals surface area contributed by atoms with Crippen LogP contribution >= 0.6 is 15.9 Å². The van der Waals surface area contributed by atoms with Crippen molar-refractivity contribution in [2.24, 2.45) is 0 Å². The van der Waals surface area contributed by atoms with E-state index >= 15 is 0 Å². The first-order chi connectivity index (χ1) is 15.2. The fourth-order valence-electron chi connectivity index (χ4n) is 4.68. The number of fused-ring (bicyclic) bond motifs is 2. The minimum Gasteiger partial charge on any atom is -0.267 e. The molecule has 5 heteroatoms. The second-order valence-electron chi connectivity index (χ2n) is 7.99. The fraction of sp³-hybridized carbons (Fsp3) is 0.115. The van der Waals surface area contributed by atoms with Crippen molar-refractivity contribution in [1.29, 1.82) is 0 Å². The van der Waals surface area contributed by atoms with Gasteiger partial charge in [0.15, 0.2) is 0 Å². The minimum absolute atomic E-state index is 0.102. The van der Waals surface area contributed by atoms with Crippen LogP contribution in [0.3, 0.4) is 0 Å². The van der Waals surface area contributed by atoms with Crippen LogP contribution in [0.5, 0.6) is 0 Å². The molecule has 4 nitrogen and oxygen atoms in total. The van der Waals surface area contributed by atoms with Gasteiger partial charge in [-0.25, -0.2) is 0 Å². The zero-order valence-electron chi connectivity index (χ0n) is 16.6. The summed E-state index contributed by atoms with van der Waals surface area (Å²) >= 11 is 3.56. The molecule has 1 unspecified atom stereocenters. The van der Waals surface area contributed by atoms with Gasteiger partial charge in [0.05, 0.1) is 28.0 Å². The molecule has 0 saturated carbocycles. The number of aromatic nitrogens is 3. The molecule has 0 N–H and O–H groups in total. The Morgan fingerprint density at radius 3 is 2.32 bits per heavy atom. The summed E-state index contributed by atoms with van der Waals surface area (Å²) < 4.78 is 2.48. The van der Waals surface area contributed by atoms with Crippen molar-refractivity contribution in [1.82, 2.24) is 14.8 Å². The van der Waals surface area contributed by atoms with Gasteiger partial charge in [-0.1, -0.05) is 64.5 Å². The van der Waals surface area contributed by atoms with Gasteiger partial charge in [0.25, 0.3) is 5.56 Å². The SMILES string of the molecule is O=c1c2c3c(nc4ccc(Br)cc42)CC(c2ccccc2)Cc3nn1-c1ccccc1. The summed E-state index contributed by atoms with van der Waals surface area (Å²) in [6, 6.07) is 26.1. The lowest BCUT2D eigenvalue weighted by Crippen LogP contribution is -2.27. The molecule has 150 valence electrons. The molecule has 1 atom stereocenters. The fourth-order valence-corrected chi connectivity index (χ4v) is 5.04. The first-order valence-electron chi connectivity index (χ1n) is 10.3. The number of hydrogen-bond acceptors (Lipinski definition) is 3. The third-order valence-electron chi connectivity index (χ3n) is 6.09. The van der Waals surface area contributed by atoms with Gasteiger partial charge >= 0.3 is 0 Å². The van der Waals surface area contributed by atoms with Crippen LogP contribution in [-0.4, -0.2) is 14.8 Å². The normalized spacial score (nSPS) is 15.5. The van der Waals surface area contributed by atoms with Gasteiger partial charge < -0.3 is 0 Å². The quantitative estimate of drug-likeness (QED) is 0.318. The number of halogens is 1. The van der Waals surface area contributed by atoms with Gasteiger partial charge in [-0.05, 0) is 54.7 Å². The van der Waals surface area contributed by atoms with Gasteiger partial charge in [0.1, 0.15) is 0 Å². The van der Waals surface area contributed by atoms with E-state index in [0.29, 0.717) is 5.39 Å². The molecule has 0 radical (unpaired) electrons. The summed E-state index contributed by atoms with van der Waals surface area (Å²) in [5, 5.41) is 7.36. The number of hydrogen-bond donors (Lipinski definition) is 0. The van der Waals surface area contributed by atoms with Crippen molar-refractivity contribution < 1.29 is 0 Å². The highest BCUT2D eigenvalue weighted by Crippen LogP contribution is 2.37. The Hall–Kier alpha value is -3.31. The van der Waals surface area contributed by atoms with Crippen molar-refractivity contribution in [2.75, 3.05) is 0 Å². The predicted molar refractivity (Wildman–Crippen MR) is 127 cm³/mol. The number of rotatable bonds is 2. The number of nitrogens with zero attached hydrogens (tertiary/aromatic N) is 3. The monoisotopic (exact) mass is 467 g/mol. The van der Waals surface area contributed by atoms with Crippen LogP contribution in [0.15, 0.2) is 88.1 Å². The van der Waals surface area contributed by atoms with Gasteiger partial charge in [0, 0.05) is 15.2 Å². The lowest BCUT2D eigenvalue weighted by atomic mass is 9.83. The Balaban J connectivity index is 1.70. The molecule has 3 aromatic carbocycles. The van der Waals surface area contributed by atoms with Crippen LogP contribution in [-0.2, 0) is 12.8 Å².